The van der Waals surface area contributed by atoms with E-state index in [0.717, 1.165) is 12.1 Å². The molecule has 0 unspecified atom stereocenters. The summed E-state index contributed by atoms with van der Waals surface area (Å²) in [5.74, 6) is 0.633. The Morgan fingerprint density at radius 2 is 1.97 bits per heavy atom. The molecule has 162 valence electrons. The van der Waals surface area contributed by atoms with Crippen molar-refractivity contribution in [3.8, 4) is 0 Å². The Labute approximate surface area is 183 Å². The molecule has 0 amide bonds. The van der Waals surface area contributed by atoms with Gasteiger partial charge >= 0.3 is 6.18 Å². The van der Waals surface area contributed by atoms with Crippen molar-refractivity contribution < 1.29 is 22.1 Å². The highest BCUT2D eigenvalue weighted by Gasteiger charge is 2.33. The molecule has 0 spiro atoms. The highest BCUT2D eigenvalue weighted by atomic mass is 127. The first-order valence-corrected chi connectivity index (χ1v) is 8.91. The minimum atomic E-state index is -4.65. The zero-order chi connectivity index (χ0) is 20.7. The van der Waals surface area contributed by atoms with E-state index in [0.29, 0.717) is 43.3 Å². The van der Waals surface area contributed by atoms with Crippen LogP contribution in [0.4, 0.5) is 17.6 Å². The fraction of sp³-hybridized carbons (Fsp3) is 0.500. The maximum atomic E-state index is 13.2. The third-order valence-corrected chi connectivity index (χ3v) is 3.76. The van der Waals surface area contributed by atoms with E-state index in [4.69, 9.17) is 4.52 Å². The van der Waals surface area contributed by atoms with Crippen LogP contribution in [0.2, 0.25) is 0 Å². The average Bonchev–Trinajstić information content (AvgIpc) is 3.09. The van der Waals surface area contributed by atoms with E-state index in [1.165, 1.54) is 0 Å². The molecule has 11 heteroatoms. The van der Waals surface area contributed by atoms with E-state index in [1.54, 1.807) is 0 Å². The summed E-state index contributed by atoms with van der Waals surface area (Å²) in [7, 11) is 0. The lowest BCUT2D eigenvalue weighted by molar-refractivity contribution is -0.138. The van der Waals surface area contributed by atoms with E-state index in [-0.39, 0.29) is 42.0 Å². The van der Waals surface area contributed by atoms with Gasteiger partial charge in [-0.05, 0) is 24.6 Å². The molecule has 1 aromatic heterocycles. The Bertz CT molecular complexity index is 808. The fourth-order valence-corrected chi connectivity index (χ4v) is 2.35. The van der Waals surface area contributed by atoms with Crippen molar-refractivity contribution in [2.75, 3.05) is 13.1 Å². The van der Waals surface area contributed by atoms with Crippen LogP contribution in [0.3, 0.4) is 0 Å². The first kappa shape index (κ1) is 25.1. The first-order chi connectivity index (χ1) is 13.2. The number of benzene rings is 1. The first-order valence-electron chi connectivity index (χ1n) is 8.91. The molecular formula is C18H24F4IN5O. The summed E-state index contributed by atoms with van der Waals surface area (Å²) < 4.78 is 57.6. The SMILES string of the molecule is CCNC(=NCc1ccc(F)cc1C(F)(F)F)NCCc1nc(C(C)C)no1.I. The number of aromatic nitrogens is 2. The van der Waals surface area contributed by atoms with Crippen LogP contribution in [0.5, 0.6) is 0 Å². The molecule has 0 saturated heterocycles. The summed E-state index contributed by atoms with van der Waals surface area (Å²) in [4.78, 5) is 8.41. The molecular weight excluding hydrogens is 505 g/mol. The third-order valence-electron chi connectivity index (χ3n) is 3.76. The van der Waals surface area contributed by atoms with Gasteiger partial charge in [0.2, 0.25) is 5.89 Å². The van der Waals surface area contributed by atoms with Gasteiger partial charge in [-0.2, -0.15) is 18.2 Å². The quantitative estimate of drug-likeness (QED) is 0.243. The predicted molar refractivity (Wildman–Crippen MR) is 112 cm³/mol. The second-order valence-electron chi connectivity index (χ2n) is 6.37. The molecule has 2 N–H and O–H groups in total. The van der Waals surface area contributed by atoms with Gasteiger partial charge in [-0.25, -0.2) is 9.38 Å². The fourth-order valence-electron chi connectivity index (χ4n) is 2.35. The highest BCUT2D eigenvalue weighted by Crippen LogP contribution is 2.32. The molecule has 1 heterocycles. The van der Waals surface area contributed by atoms with Crippen LogP contribution >= 0.6 is 24.0 Å². The molecule has 0 radical (unpaired) electrons. The van der Waals surface area contributed by atoms with Crippen molar-refractivity contribution in [1.82, 2.24) is 20.8 Å². The van der Waals surface area contributed by atoms with Crippen molar-refractivity contribution >= 4 is 29.9 Å². The maximum Gasteiger partial charge on any atom is 0.416 e. The standard InChI is InChI=1S/C18H23F4N5O.HI/c1-4-23-17(24-8-7-15-26-16(11(2)3)27-28-15)25-10-12-5-6-13(19)9-14(12)18(20,21)22;/h5-6,9,11H,4,7-8,10H2,1-3H3,(H2,23,24,25);1H. The van der Waals surface area contributed by atoms with E-state index >= 15 is 0 Å². The second kappa shape index (κ2) is 11.3. The van der Waals surface area contributed by atoms with Crippen molar-refractivity contribution in [3.05, 3.63) is 46.9 Å². The van der Waals surface area contributed by atoms with Gasteiger partial charge in [0, 0.05) is 25.4 Å². The number of halogens is 5. The van der Waals surface area contributed by atoms with E-state index < -0.39 is 17.6 Å². The van der Waals surface area contributed by atoms with Crippen molar-refractivity contribution in [2.45, 2.75) is 45.8 Å². The number of rotatable bonds is 7. The summed E-state index contributed by atoms with van der Waals surface area (Å²) in [6.07, 6.45) is -4.21. The molecule has 1 aromatic carbocycles. The lowest BCUT2D eigenvalue weighted by atomic mass is 10.1. The molecule has 0 fully saturated rings. The van der Waals surface area contributed by atoms with Crippen LogP contribution in [0, 0.1) is 5.82 Å². The van der Waals surface area contributed by atoms with Crippen LogP contribution in [0.15, 0.2) is 27.7 Å². The largest absolute Gasteiger partial charge is 0.416 e. The van der Waals surface area contributed by atoms with Gasteiger partial charge in [0.15, 0.2) is 11.8 Å². The monoisotopic (exact) mass is 529 g/mol. The Balaban J connectivity index is 0.00000420. The maximum absolute atomic E-state index is 13.2. The summed E-state index contributed by atoms with van der Waals surface area (Å²) in [5, 5.41) is 9.82. The zero-order valence-corrected chi connectivity index (χ0v) is 18.6. The van der Waals surface area contributed by atoms with Crippen LogP contribution in [0.25, 0.3) is 0 Å². The Morgan fingerprint density at radius 1 is 1.24 bits per heavy atom. The summed E-state index contributed by atoms with van der Waals surface area (Å²) in [6, 6.07) is 2.56. The number of guanidine groups is 1. The van der Waals surface area contributed by atoms with Crippen LogP contribution in [0.1, 0.15) is 49.5 Å². The lowest BCUT2D eigenvalue weighted by Crippen LogP contribution is -2.38. The normalized spacial score (nSPS) is 12.1. The molecule has 0 atom stereocenters. The molecule has 6 nitrogen and oxygen atoms in total. The summed E-state index contributed by atoms with van der Waals surface area (Å²) in [6.45, 7) is 6.42. The van der Waals surface area contributed by atoms with Crippen molar-refractivity contribution in [2.24, 2.45) is 4.99 Å². The molecule has 2 rings (SSSR count). The minimum absolute atomic E-state index is 0. The molecule has 29 heavy (non-hydrogen) atoms. The highest BCUT2D eigenvalue weighted by molar-refractivity contribution is 14.0. The number of hydrogen-bond acceptors (Lipinski definition) is 4. The van der Waals surface area contributed by atoms with Crippen LogP contribution < -0.4 is 10.6 Å². The Morgan fingerprint density at radius 3 is 2.55 bits per heavy atom. The molecule has 0 aliphatic rings. The molecule has 2 aromatic rings. The van der Waals surface area contributed by atoms with Gasteiger partial charge < -0.3 is 15.2 Å². The Kier molecular flexibility index (Phi) is 9.80. The van der Waals surface area contributed by atoms with Gasteiger partial charge in [-0.15, -0.1) is 24.0 Å². The topological polar surface area (TPSA) is 75.3 Å². The molecule has 0 aliphatic carbocycles. The van der Waals surface area contributed by atoms with Gasteiger partial charge in [-0.3, -0.25) is 0 Å². The molecule has 0 bridgehead atoms. The summed E-state index contributed by atoms with van der Waals surface area (Å²) in [5.41, 5.74) is -1.14. The molecule has 0 aliphatic heterocycles. The number of alkyl halides is 3. The van der Waals surface area contributed by atoms with Gasteiger partial charge in [-0.1, -0.05) is 25.1 Å². The van der Waals surface area contributed by atoms with Gasteiger partial charge in [0.25, 0.3) is 0 Å². The number of aliphatic imine (C=N–C) groups is 1. The smallest absolute Gasteiger partial charge is 0.357 e. The lowest BCUT2D eigenvalue weighted by Gasteiger charge is -2.13. The summed E-state index contributed by atoms with van der Waals surface area (Å²) >= 11 is 0. The Hall–Kier alpha value is -1.92. The van der Waals surface area contributed by atoms with Crippen LogP contribution in [-0.2, 0) is 19.1 Å². The van der Waals surface area contributed by atoms with Gasteiger partial charge in [0.1, 0.15) is 5.82 Å². The van der Waals surface area contributed by atoms with E-state index in [9.17, 15) is 17.6 Å². The van der Waals surface area contributed by atoms with Gasteiger partial charge in [0.05, 0.1) is 12.1 Å². The number of nitrogens with one attached hydrogen (secondary N) is 2. The zero-order valence-electron chi connectivity index (χ0n) is 16.3. The molecule has 0 saturated carbocycles. The van der Waals surface area contributed by atoms with E-state index in [1.807, 2.05) is 20.8 Å². The van der Waals surface area contributed by atoms with Crippen LogP contribution in [-0.4, -0.2) is 29.2 Å². The second-order valence-corrected chi connectivity index (χ2v) is 6.37. The third kappa shape index (κ3) is 7.78. The average molecular weight is 529 g/mol. The van der Waals surface area contributed by atoms with E-state index in [2.05, 4.69) is 25.8 Å². The predicted octanol–water partition coefficient (Wildman–Crippen LogP) is 4.27. The van der Waals surface area contributed by atoms with Crippen molar-refractivity contribution in [3.63, 3.8) is 0 Å². The minimum Gasteiger partial charge on any atom is -0.357 e. The number of hydrogen-bond donors (Lipinski definition) is 2. The van der Waals surface area contributed by atoms with Crippen molar-refractivity contribution in [1.29, 1.82) is 0 Å². The number of nitrogens with zero attached hydrogens (tertiary/aromatic N) is 3.